The highest BCUT2D eigenvalue weighted by Crippen LogP contribution is 2.22. The van der Waals surface area contributed by atoms with Crippen molar-refractivity contribution in [2.75, 3.05) is 0 Å². The van der Waals surface area contributed by atoms with Crippen molar-refractivity contribution in [3.8, 4) is 5.75 Å². The standard InChI is InChI=1S/C21H15Cl2FN2O2/c22-17-6-3-16(20(23)11-17)13-28-19-9-4-15(5-10-19)21(27)26-25-12-14-1-7-18(24)8-2-14/h1-12H,13H2,(H,26,27)/b25-12+. The number of carbonyl (C=O) groups excluding carboxylic acids is 1. The Balaban J connectivity index is 1.54. The van der Waals surface area contributed by atoms with Crippen LogP contribution in [0.2, 0.25) is 10.0 Å². The fourth-order valence-electron chi connectivity index (χ4n) is 2.28. The molecule has 0 saturated carbocycles. The molecule has 4 nitrogen and oxygen atoms in total. The Hall–Kier alpha value is -2.89. The van der Waals surface area contributed by atoms with Gasteiger partial charge in [0.25, 0.3) is 5.91 Å². The molecule has 3 aromatic carbocycles. The molecular formula is C21H15Cl2FN2O2. The molecule has 0 saturated heterocycles. The van der Waals surface area contributed by atoms with E-state index in [2.05, 4.69) is 10.5 Å². The molecule has 3 rings (SSSR count). The maximum atomic E-state index is 12.8. The van der Waals surface area contributed by atoms with Gasteiger partial charge >= 0.3 is 0 Å². The zero-order chi connectivity index (χ0) is 19.9. The Labute approximate surface area is 171 Å². The molecule has 0 aromatic heterocycles. The number of hydrogen-bond donors (Lipinski definition) is 1. The number of carbonyl (C=O) groups is 1. The maximum Gasteiger partial charge on any atom is 0.271 e. The van der Waals surface area contributed by atoms with Crippen molar-refractivity contribution >= 4 is 35.3 Å². The van der Waals surface area contributed by atoms with Gasteiger partial charge < -0.3 is 4.74 Å². The van der Waals surface area contributed by atoms with E-state index in [0.29, 0.717) is 26.9 Å². The summed E-state index contributed by atoms with van der Waals surface area (Å²) in [6.45, 7) is 0.281. The number of halogens is 3. The number of hydrazone groups is 1. The molecule has 7 heteroatoms. The second kappa shape index (κ2) is 9.35. The van der Waals surface area contributed by atoms with Crippen LogP contribution < -0.4 is 10.2 Å². The molecule has 0 bridgehead atoms. The lowest BCUT2D eigenvalue weighted by atomic mass is 10.2. The normalized spacial score (nSPS) is 10.8. The predicted molar refractivity (Wildman–Crippen MR) is 109 cm³/mol. The zero-order valence-corrected chi connectivity index (χ0v) is 16.0. The van der Waals surface area contributed by atoms with Crippen LogP contribution in [0.5, 0.6) is 5.75 Å². The number of nitrogens with zero attached hydrogens (tertiary/aromatic N) is 1. The van der Waals surface area contributed by atoms with Gasteiger partial charge in [-0.2, -0.15) is 5.10 Å². The molecule has 142 valence electrons. The van der Waals surface area contributed by atoms with Gasteiger partial charge in [-0.3, -0.25) is 4.79 Å². The average molecular weight is 417 g/mol. The summed E-state index contributed by atoms with van der Waals surface area (Å²) in [5.41, 5.74) is 4.32. The van der Waals surface area contributed by atoms with Crippen LogP contribution in [-0.2, 0) is 6.61 Å². The van der Waals surface area contributed by atoms with Crippen molar-refractivity contribution in [2.45, 2.75) is 6.61 Å². The van der Waals surface area contributed by atoms with E-state index in [1.54, 1.807) is 54.6 Å². The Morgan fingerprint density at radius 3 is 2.43 bits per heavy atom. The number of benzene rings is 3. The van der Waals surface area contributed by atoms with Gasteiger partial charge in [0, 0.05) is 21.2 Å². The summed E-state index contributed by atoms with van der Waals surface area (Å²) >= 11 is 12.0. The SMILES string of the molecule is O=C(N/N=C/c1ccc(F)cc1)c1ccc(OCc2ccc(Cl)cc2Cl)cc1. The molecule has 1 N–H and O–H groups in total. The molecule has 3 aromatic rings. The van der Waals surface area contributed by atoms with E-state index in [-0.39, 0.29) is 18.3 Å². The quantitative estimate of drug-likeness (QED) is 0.427. The molecule has 0 aliphatic rings. The van der Waals surface area contributed by atoms with E-state index < -0.39 is 0 Å². The Morgan fingerprint density at radius 1 is 1.04 bits per heavy atom. The van der Waals surface area contributed by atoms with Crippen molar-refractivity contribution in [3.63, 3.8) is 0 Å². The molecule has 28 heavy (non-hydrogen) atoms. The molecule has 0 unspecified atom stereocenters. The lowest BCUT2D eigenvalue weighted by Crippen LogP contribution is -2.17. The largest absolute Gasteiger partial charge is 0.489 e. The van der Waals surface area contributed by atoms with Crippen molar-refractivity contribution in [1.82, 2.24) is 5.43 Å². The summed E-state index contributed by atoms with van der Waals surface area (Å²) in [5, 5.41) is 4.95. The molecule has 0 spiro atoms. The Kier molecular flexibility index (Phi) is 6.63. The summed E-state index contributed by atoms with van der Waals surface area (Å²) in [5.74, 6) is -0.107. The van der Waals surface area contributed by atoms with E-state index in [4.69, 9.17) is 27.9 Å². The maximum absolute atomic E-state index is 12.8. The molecule has 0 aliphatic carbocycles. The summed E-state index contributed by atoms with van der Waals surface area (Å²) < 4.78 is 18.5. The van der Waals surface area contributed by atoms with Crippen molar-refractivity contribution in [3.05, 3.63) is 99.3 Å². The Morgan fingerprint density at radius 2 is 1.75 bits per heavy atom. The van der Waals surface area contributed by atoms with E-state index >= 15 is 0 Å². The van der Waals surface area contributed by atoms with Crippen molar-refractivity contribution in [2.24, 2.45) is 5.10 Å². The lowest BCUT2D eigenvalue weighted by Gasteiger charge is -2.08. The topological polar surface area (TPSA) is 50.7 Å². The minimum absolute atomic E-state index is 0.281. The van der Waals surface area contributed by atoms with Gasteiger partial charge in [-0.15, -0.1) is 0 Å². The van der Waals surface area contributed by atoms with Crippen LogP contribution in [0.15, 0.2) is 71.8 Å². The average Bonchev–Trinajstić information content (AvgIpc) is 2.69. The molecule has 0 aliphatic heterocycles. The minimum Gasteiger partial charge on any atom is -0.489 e. The summed E-state index contributed by atoms with van der Waals surface area (Å²) in [4.78, 5) is 12.1. The second-order valence-electron chi connectivity index (χ2n) is 5.80. The highest BCUT2D eigenvalue weighted by molar-refractivity contribution is 6.35. The summed E-state index contributed by atoms with van der Waals surface area (Å²) in [6.07, 6.45) is 1.44. The minimum atomic E-state index is -0.370. The second-order valence-corrected chi connectivity index (χ2v) is 6.64. The van der Waals surface area contributed by atoms with E-state index in [0.717, 1.165) is 5.56 Å². The third kappa shape index (κ3) is 5.55. The van der Waals surface area contributed by atoms with Gasteiger partial charge in [0.1, 0.15) is 18.2 Å². The van der Waals surface area contributed by atoms with Gasteiger partial charge in [0.2, 0.25) is 0 Å². The van der Waals surface area contributed by atoms with Crippen molar-refractivity contribution in [1.29, 1.82) is 0 Å². The van der Waals surface area contributed by atoms with Gasteiger partial charge in [-0.05, 0) is 54.1 Å². The first-order chi connectivity index (χ1) is 13.5. The Bertz CT molecular complexity index is 990. The fraction of sp³-hybridized carbons (Fsp3) is 0.0476. The van der Waals surface area contributed by atoms with Crippen LogP contribution in [0.1, 0.15) is 21.5 Å². The van der Waals surface area contributed by atoms with Crippen molar-refractivity contribution < 1.29 is 13.9 Å². The third-order valence-corrected chi connectivity index (χ3v) is 4.36. The molecular weight excluding hydrogens is 402 g/mol. The van der Waals surface area contributed by atoms with Crippen LogP contribution in [0.3, 0.4) is 0 Å². The first-order valence-electron chi connectivity index (χ1n) is 8.27. The third-order valence-electron chi connectivity index (χ3n) is 3.78. The number of nitrogens with one attached hydrogen (secondary N) is 1. The van der Waals surface area contributed by atoms with Gasteiger partial charge in [0.15, 0.2) is 0 Å². The molecule has 1 amide bonds. The van der Waals surface area contributed by atoms with Crippen LogP contribution in [0.4, 0.5) is 4.39 Å². The van der Waals surface area contributed by atoms with Crippen LogP contribution in [-0.4, -0.2) is 12.1 Å². The van der Waals surface area contributed by atoms with E-state index in [9.17, 15) is 9.18 Å². The molecule has 0 radical (unpaired) electrons. The summed E-state index contributed by atoms with van der Waals surface area (Å²) in [6, 6.07) is 17.6. The van der Waals surface area contributed by atoms with Gasteiger partial charge in [0.05, 0.1) is 6.21 Å². The van der Waals surface area contributed by atoms with Gasteiger partial charge in [-0.1, -0.05) is 41.4 Å². The fourth-order valence-corrected chi connectivity index (χ4v) is 2.74. The van der Waals surface area contributed by atoms with Gasteiger partial charge in [-0.25, -0.2) is 9.82 Å². The lowest BCUT2D eigenvalue weighted by molar-refractivity contribution is 0.0955. The number of rotatable bonds is 6. The highest BCUT2D eigenvalue weighted by Gasteiger charge is 2.06. The zero-order valence-electron chi connectivity index (χ0n) is 14.5. The molecule has 0 heterocycles. The van der Waals surface area contributed by atoms with E-state index in [1.165, 1.54) is 18.3 Å². The monoisotopic (exact) mass is 416 g/mol. The van der Waals surface area contributed by atoms with Crippen LogP contribution >= 0.6 is 23.2 Å². The highest BCUT2D eigenvalue weighted by atomic mass is 35.5. The van der Waals surface area contributed by atoms with Crippen LogP contribution in [0.25, 0.3) is 0 Å². The van der Waals surface area contributed by atoms with Crippen LogP contribution in [0, 0.1) is 5.82 Å². The smallest absolute Gasteiger partial charge is 0.271 e. The summed E-state index contributed by atoms with van der Waals surface area (Å²) in [7, 11) is 0. The first kappa shape index (κ1) is 19.9. The molecule has 0 fully saturated rings. The number of ether oxygens (including phenoxy) is 1. The predicted octanol–water partition coefficient (Wildman–Crippen LogP) is 5.48. The first-order valence-corrected chi connectivity index (χ1v) is 9.02. The molecule has 0 atom stereocenters. The van der Waals surface area contributed by atoms with E-state index in [1.807, 2.05) is 0 Å². The number of amides is 1. The number of hydrogen-bond acceptors (Lipinski definition) is 3.